The van der Waals surface area contributed by atoms with Crippen molar-refractivity contribution in [3.63, 3.8) is 0 Å². The lowest BCUT2D eigenvalue weighted by Gasteiger charge is -2.23. The van der Waals surface area contributed by atoms with Crippen LogP contribution in [0.2, 0.25) is 0 Å². The maximum Gasteiger partial charge on any atom is 0.254 e. The Morgan fingerprint density at radius 3 is 2.71 bits per heavy atom. The zero-order valence-electron chi connectivity index (χ0n) is 12.8. The average molecular weight is 286 g/mol. The van der Waals surface area contributed by atoms with Crippen molar-refractivity contribution in [2.45, 2.75) is 20.8 Å². The molecule has 3 N–H and O–H groups in total. The van der Waals surface area contributed by atoms with Crippen LogP contribution in [0.1, 0.15) is 31.1 Å². The van der Waals surface area contributed by atoms with Gasteiger partial charge in [0, 0.05) is 18.5 Å². The highest BCUT2D eigenvalue weighted by Crippen LogP contribution is 2.22. The molecule has 0 aliphatic rings. The molecule has 0 aliphatic carbocycles. The third kappa shape index (κ3) is 3.31. The monoisotopic (exact) mass is 286 g/mol. The molecule has 2 aromatic rings. The second kappa shape index (κ2) is 6.54. The Balaban J connectivity index is 2.50. The highest BCUT2D eigenvalue weighted by Gasteiger charge is 2.19. The van der Waals surface area contributed by atoms with Gasteiger partial charge in [0.1, 0.15) is 5.82 Å². The fraction of sp³-hybridized carbons (Fsp3) is 0.375. The SMILES string of the molecule is CCN(CC(C)C)C(=O)c1cc(NN)nc2ccccc12. The lowest BCUT2D eigenvalue weighted by Crippen LogP contribution is -2.34. The lowest BCUT2D eigenvalue weighted by atomic mass is 10.1. The number of nitrogen functional groups attached to an aromatic ring is 1. The smallest absolute Gasteiger partial charge is 0.254 e. The van der Waals surface area contributed by atoms with Gasteiger partial charge >= 0.3 is 0 Å². The van der Waals surface area contributed by atoms with Crippen LogP contribution in [0.5, 0.6) is 0 Å². The number of hydrogen-bond donors (Lipinski definition) is 2. The number of aromatic nitrogens is 1. The predicted octanol–water partition coefficient (Wildman–Crippen LogP) is 2.64. The summed E-state index contributed by atoms with van der Waals surface area (Å²) in [5.74, 6) is 6.40. The van der Waals surface area contributed by atoms with E-state index in [1.807, 2.05) is 36.1 Å². The summed E-state index contributed by atoms with van der Waals surface area (Å²) >= 11 is 0. The molecule has 0 aliphatic heterocycles. The van der Waals surface area contributed by atoms with Crippen LogP contribution in [0.25, 0.3) is 10.9 Å². The Kier molecular flexibility index (Phi) is 4.75. The first kappa shape index (κ1) is 15.3. The fourth-order valence-corrected chi connectivity index (χ4v) is 2.39. The summed E-state index contributed by atoms with van der Waals surface area (Å²) in [4.78, 5) is 19.1. The van der Waals surface area contributed by atoms with Crippen molar-refractivity contribution in [3.8, 4) is 0 Å². The molecule has 0 saturated carbocycles. The number of nitrogens with two attached hydrogens (primary N) is 1. The van der Waals surface area contributed by atoms with E-state index < -0.39 is 0 Å². The van der Waals surface area contributed by atoms with Crippen LogP contribution in [0, 0.1) is 5.92 Å². The van der Waals surface area contributed by atoms with Crippen molar-refractivity contribution in [1.29, 1.82) is 0 Å². The molecular formula is C16H22N4O. The molecule has 0 unspecified atom stereocenters. The zero-order chi connectivity index (χ0) is 15.4. The van der Waals surface area contributed by atoms with Crippen LogP contribution in [0.3, 0.4) is 0 Å². The van der Waals surface area contributed by atoms with E-state index in [1.54, 1.807) is 6.07 Å². The van der Waals surface area contributed by atoms with Crippen molar-refractivity contribution in [2.24, 2.45) is 11.8 Å². The van der Waals surface area contributed by atoms with Crippen LogP contribution < -0.4 is 11.3 Å². The topological polar surface area (TPSA) is 71.2 Å². The molecule has 0 bridgehead atoms. The standard InChI is InChI=1S/C16H22N4O/c1-4-20(10-11(2)3)16(21)13-9-15(19-17)18-14-8-6-5-7-12(13)14/h5-9,11H,4,10,17H2,1-3H3,(H,18,19). The number of carbonyl (C=O) groups excluding carboxylic acids is 1. The Labute approximate surface area is 125 Å². The van der Waals surface area contributed by atoms with E-state index in [4.69, 9.17) is 5.84 Å². The van der Waals surface area contributed by atoms with Gasteiger partial charge in [0.15, 0.2) is 0 Å². The molecule has 5 nitrogen and oxygen atoms in total. The first-order valence-electron chi connectivity index (χ1n) is 7.22. The molecular weight excluding hydrogens is 264 g/mol. The number of para-hydroxylation sites is 1. The van der Waals surface area contributed by atoms with E-state index in [0.29, 0.717) is 23.8 Å². The Morgan fingerprint density at radius 2 is 2.10 bits per heavy atom. The van der Waals surface area contributed by atoms with Gasteiger partial charge in [-0.2, -0.15) is 0 Å². The Hall–Kier alpha value is -2.14. The van der Waals surface area contributed by atoms with E-state index in [1.165, 1.54) is 0 Å². The molecule has 1 heterocycles. The number of hydrazine groups is 1. The van der Waals surface area contributed by atoms with E-state index in [-0.39, 0.29) is 5.91 Å². The number of fused-ring (bicyclic) bond motifs is 1. The highest BCUT2D eigenvalue weighted by atomic mass is 16.2. The van der Waals surface area contributed by atoms with Crippen molar-refractivity contribution >= 4 is 22.6 Å². The zero-order valence-corrected chi connectivity index (χ0v) is 12.8. The minimum atomic E-state index is 0.0151. The Morgan fingerprint density at radius 1 is 1.38 bits per heavy atom. The van der Waals surface area contributed by atoms with E-state index >= 15 is 0 Å². The van der Waals surface area contributed by atoms with Crippen molar-refractivity contribution in [2.75, 3.05) is 18.5 Å². The normalized spacial score (nSPS) is 10.9. The van der Waals surface area contributed by atoms with Crippen molar-refractivity contribution < 1.29 is 4.79 Å². The molecule has 0 fully saturated rings. The van der Waals surface area contributed by atoms with Gasteiger partial charge in [-0.25, -0.2) is 10.8 Å². The lowest BCUT2D eigenvalue weighted by molar-refractivity contribution is 0.0748. The molecule has 1 aromatic carbocycles. The maximum absolute atomic E-state index is 12.8. The minimum Gasteiger partial charge on any atom is -0.339 e. The molecule has 0 radical (unpaired) electrons. The van der Waals surface area contributed by atoms with Crippen molar-refractivity contribution in [3.05, 3.63) is 35.9 Å². The molecule has 21 heavy (non-hydrogen) atoms. The van der Waals surface area contributed by atoms with Gasteiger partial charge in [-0.15, -0.1) is 0 Å². The molecule has 1 aromatic heterocycles. The van der Waals surface area contributed by atoms with Gasteiger partial charge in [0.2, 0.25) is 0 Å². The van der Waals surface area contributed by atoms with Gasteiger partial charge in [-0.3, -0.25) is 4.79 Å². The maximum atomic E-state index is 12.8. The number of carbonyl (C=O) groups is 1. The van der Waals surface area contributed by atoms with Crippen LogP contribution >= 0.6 is 0 Å². The third-order valence-corrected chi connectivity index (χ3v) is 3.35. The first-order valence-corrected chi connectivity index (χ1v) is 7.22. The van der Waals surface area contributed by atoms with Crippen LogP contribution in [0.4, 0.5) is 5.82 Å². The summed E-state index contributed by atoms with van der Waals surface area (Å²) in [5, 5.41) is 0.851. The molecule has 5 heteroatoms. The van der Waals surface area contributed by atoms with E-state index in [2.05, 4.69) is 24.3 Å². The quantitative estimate of drug-likeness (QED) is 0.655. The highest BCUT2D eigenvalue weighted by molar-refractivity contribution is 6.06. The summed E-state index contributed by atoms with van der Waals surface area (Å²) in [6.45, 7) is 7.61. The molecule has 0 spiro atoms. The molecule has 1 amide bonds. The Bertz CT molecular complexity index is 639. The number of hydrogen-bond acceptors (Lipinski definition) is 4. The fourth-order valence-electron chi connectivity index (χ4n) is 2.39. The van der Waals surface area contributed by atoms with E-state index in [0.717, 1.165) is 17.4 Å². The van der Waals surface area contributed by atoms with Gasteiger partial charge in [-0.1, -0.05) is 32.0 Å². The summed E-state index contributed by atoms with van der Waals surface area (Å²) in [6, 6.07) is 9.32. The van der Waals surface area contributed by atoms with Crippen LogP contribution in [-0.4, -0.2) is 28.9 Å². The number of nitrogens with one attached hydrogen (secondary N) is 1. The number of pyridine rings is 1. The average Bonchev–Trinajstić information content (AvgIpc) is 2.50. The van der Waals surface area contributed by atoms with Gasteiger partial charge in [-0.05, 0) is 25.0 Å². The van der Waals surface area contributed by atoms with E-state index in [9.17, 15) is 4.79 Å². The number of anilines is 1. The number of benzene rings is 1. The van der Waals surface area contributed by atoms with Gasteiger partial charge in [0.05, 0.1) is 11.1 Å². The minimum absolute atomic E-state index is 0.0151. The molecule has 112 valence electrons. The van der Waals surface area contributed by atoms with Gasteiger partial charge < -0.3 is 10.3 Å². The molecule has 0 atom stereocenters. The van der Waals surface area contributed by atoms with Crippen molar-refractivity contribution in [1.82, 2.24) is 9.88 Å². The summed E-state index contributed by atoms with van der Waals surface area (Å²) in [7, 11) is 0. The van der Waals surface area contributed by atoms with Gasteiger partial charge in [0.25, 0.3) is 5.91 Å². The predicted molar refractivity (Wildman–Crippen MR) is 86.0 cm³/mol. The third-order valence-electron chi connectivity index (χ3n) is 3.35. The summed E-state index contributed by atoms with van der Waals surface area (Å²) < 4.78 is 0. The summed E-state index contributed by atoms with van der Waals surface area (Å²) in [6.07, 6.45) is 0. The first-order chi connectivity index (χ1) is 10.1. The molecule has 2 rings (SSSR count). The summed E-state index contributed by atoms with van der Waals surface area (Å²) in [5.41, 5.74) is 3.93. The second-order valence-electron chi connectivity index (χ2n) is 5.45. The number of rotatable bonds is 5. The molecule has 0 saturated heterocycles. The number of amides is 1. The second-order valence-corrected chi connectivity index (χ2v) is 5.45. The van der Waals surface area contributed by atoms with Crippen LogP contribution in [0.15, 0.2) is 30.3 Å². The number of nitrogens with zero attached hydrogens (tertiary/aromatic N) is 2. The van der Waals surface area contributed by atoms with Crippen LogP contribution in [-0.2, 0) is 0 Å². The largest absolute Gasteiger partial charge is 0.339 e.